The van der Waals surface area contributed by atoms with E-state index in [2.05, 4.69) is 5.32 Å². The van der Waals surface area contributed by atoms with E-state index in [0.29, 0.717) is 28.6 Å². The molecule has 0 spiro atoms. The maximum absolute atomic E-state index is 14.0. The monoisotopic (exact) mass is 509 g/mol. The number of nitrogens with one attached hydrogen (secondary N) is 1. The van der Waals surface area contributed by atoms with Crippen LogP contribution in [0.1, 0.15) is 17.2 Å². The largest absolute Gasteiger partial charge is 0.497 e. The van der Waals surface area contributed by atoms with Gasteiger partial charge in [-0.05, 0) is 53.6 Å². The minimum atomic E-state index is -0.882. The zero-order valence-electron chi connectivity index (χ0n) is 20.4. The number of nitrogens with zero attached hydrogens (tertiary/aromatic N) is 2. The summed E-state index contributed by atoms with van der Waals surface area (Å²) < 4.78 is 16.1. The van der Waals surface area contributed by atoms with Gasteiger partial charge in [-0.25, -0.2) is 4.90 Å². The SMILES string of the molecule is COc1ccc(NC(=O)[C@@H]2[C@@H]3C(=O)N(c4ccc5c(c4)OCO5)C(=O)[C@@H]3[C@H]3c4ccccc4C=CN23)cc1. The topological polar surface area (TPSA) is 97.4 Å². The van der Waals surface area contributed by atoms with Crippen molar-refractivity contribution < 1.29 is 28.6 Å². The van der Waals surface area contributed by atoms with E-state index in [4.69, 9.17) is 14.2 Å². The van der Waals surface area contributed by atoms with Gasteiger partial charge >= 0.3 is 0 Å². The van der Waals surface area contributed by atoms with Crippen molar-refractivity contribution in [1.82, 2.24) is 4.90 Å². The Labute approximate surface area is 218 Å². The lowest BCUT2D eigenvalue weighted by Crippen LogP contribution is -2.46. The highest BCUT2D eigenvalue weighted by Gasteiger charge is 2.64. The molecule has 3 amide bonds. The fourth-order valence-electron chi connectivity index (χ4n) is 6.03. The summed E-state index contributed by atoms with van der Waals surface area (Å²) >= 11 is 0. The average Bonchev–Trinajstić information content (AvgIpc) is 3.62. The normalized spacial score (nSPS) is 24.2. The Morgan fingerprint density at radius 2 is 1.71 bits per heavy atom. The number of carbonyl (C=O) groups excluding carboxylic acids is 3. The highest BCUT2D eigenvalue weighted by Crippen LogP contribution is 2.53. The van der Waals surface area contributed by atoms with Crippen molar-refractivity contribution in [3.8, 4) is 17.2 Å². The number of imide groups is 1. The van der Waals surface area contributed by atoms with Crippen LogP contribution < -0.4 is 24.4 Å². The van der Waals surface area contributed by atoms with E-state index in [9.17, 15) is 14.4 Å². The predicted molar refractivity (Wildman–Crippen MR) is 138 cm³/mol. The van der Waals surface area contributed by atoms with E-state index in [1.54, 1.807) is 49.6 Å². The molecule has 190 valence electrons. The Morgan fingerprint density at radius 1 is 0.947 bits per heavy atom. The number of ether oxygens (including phenoxy) is 3. The molecule has 4 heterocycles. The van der Waals surface area contributed by atoms with Crippen LogP contribution >= 0.6 is 0 Å². The lowest BCUT2D eigenvalue weighted by atomic mass is 9.84. The van der Waals surface area contributed by atoms with Gasteiger partial charge in [0.25, 0.3) is 0 Å². The van der Waals surface area contributed by atoms with Crippen molar-refractivity contribution in [2.45, 2.75) is 12.1 Å². The van der Waals surface area contributed by atoms with Crippen molar-refractivity contribution in [3.63, 3.8) is 0 Å². The van der Waals surface area contributed by atoms with Crippen molar-refractivity contribution in [2.24, 2.45) is 11.8 Å². The molecule has 38 heavy (non-hydrogen) atoms. The molecule has 0 saturated carbocycles. The lowest BCUT2D eigenvalue weighted by molar-refractivity contribution is -0.128. The molecule has 0 aromatic heterocycles. The van der Waals surface area contributed by atoms with Crippen molar-refractivity contribution in [2.75, 3.05) is 24.1 Å². The molecule has 2 saturated heterocycles. The summed E-state index contributed by atoms with van der Waals surface area (Å²) in [4.78, 5) is 44.8. The minimum absolute atomic E-state index is 0.0830. The van der Waals surface area contributed by atoms with Gasteiger partial charge < -0.3 is 24.4 Å². The summed E-state index contributed by atoms with van der Waals surface area (Å²) in [6.07, 6.45) is 3.75. The van der Waals surface area contributed by atoms with Crippen LogP contribution in [0.4, 0.5) is 11.4 Å². The second-order valence-electron chi connectivity index (χ2n) is 9.60. The van der Waals surface area contributed by atoms with Crippen LogP contribution in [-0.4, -0.2) is 42.6 Å². The van der Waals surface area contributed by atoms with Crippen molar-refractivity contribution >= 4 is 35.2 Å². The van der Waals surface area contributed by atoms with Gasteiger partial charge in [0.2, 0.25) is 24.5 Å². The molecule has 0 bridgehead atoms. The number of rotatable bonds is 4. The second-order valence-corrected chi connectivity index (χ2v) is 9.60. The van der Waals surface area contributed by atoms with E-state index in [0.717, 1.165) is 11.1 Å². The first-order chi connectivity index (χ1) is 18.5. The quantitative estimate of drug-likeness (QED) is 0.537. The molecule has 3 aromatic rings. The number of carbonyl (C=O) groups is 3. The molecule has 4 atom stereocenters. The fourth-order valence-corrected chi connectivity index (χ4v) is 6.03. The molecule has 9 heteroatoms. The van der Waals surface area contributed by atoms with Crippen LogP contribution in [0.25, 0.3) is 6.08 Å². The highest BCUT2D eigenvalue weighted by atomic mass is 16.7. The summed E-state index contributed by atoms with van der Waals surface area (Å²) in [6, 6.07) is 18.4. The first-order valence-electron chi connectivity index (χ1n) is 12.3. The Morgan fingerprint density at radius 3 is 2.53 bits per heavy atom. The maximum atomic E-state index is 14.0. The van der Waals surface area contributed by atoms with Gasteiger partial charge in [0.15, 0.2) is 11.5 Å². The van der Waals surface area contributed by atoms with Gasteiger partial charge in [-0.3, -0.25) is 14.4 Å². The Balaban J connectivity index is 1.29. The third-order valence-electron chi connectivity index (χ3n) is 7.70. The third-order valence-corrected chi connectivity index (χ3v) is 7.70. The summed E-state index contributed by atoms with van der Waals surface area (Å²) in [7, 11) is 1.57. The third kappa shape index (κ3) is 3.21. The molecule has 0 radical (unpaired) electrons. The molecule has 1 N–H and O–H groups in total. The second kappa shape index (κ2) is 8.37. The first kappa shape index (κ1) is 22.4. The number of methoxy groups -OCH3 is 1. The van der Waals surface area contributed by atoms with Crippen molar-refractivity contribution in [1.29, 1.82) is 0 Å². The number of hydrogen-bond donors (Lipinski definition) is 1. The molecule has 2 fully saturated rings. The van der Waals surface area contributed by atoms with Gasteiger partial charge in [0.05, 0.1) is 30.7 Å². The standard InChI is InChI=1S/C29H23N3O6/c1-36-19-9-6-17(7-10-19)30-27(33)26-24-23(25-20-5-3-2-4-16(20)12-13-31(25)26)28(34)32(29(24)35)18-8-11-21-22(14-18)38-15-37-21/h2-14,23-26H,15H2,1H3,(H,30,33)/t23-,24+,25+,26-/m0/s1. The molecular formula is C29H23N3O6. The predicted octanol–water partition coefficient (Wildman–Crippen LogP) is 3.58. The molecule has 9 nitrogen and oxygen atoms in total. The van der Waals surface area contributed by atoms with Gasteiger partial charge in [-0.2, -0.15) is 0 Å². The van der Waals surface area contributed by atoms with Gasteiger partial charge in [0.1, 0.15) is 11.8 Å². The number of hydrogen-bond acceptors (Lipinski definition) is 7. The smallest absolute Gasteiger partial charge is 0.247 e. The molecule has 0 unspecified atom stereocenters. The number of benzene rings is 3. The Bertz CT molecular complexity index is 1520. The van der Waals surface area contributed by atoms with E-state index < -0.39 is 29.8 Å². The minimum Gasteiger partial charge on any atom is -0.497 e. The first-order valence-corrected chi connectivity index (χ1v) is 12.3. The summed E-state index contributed by atoms with van der Waals surface area (Å²) in [5, 5.41) is 2.94. The Hall–Kier alpha value is -4.79. The summed E-state index contributed by atoms with van der Waals surface area (Å²) in [5.41, 5.74) is 2.85. The van der Waals surface area contributed by atoms with Crippen LogP contribution in [0, 0.1) is 11.8 Å². The van der Waals surface area contributed by atoms with Crippen molar-refractivity contribution in [3.05, 3.63) is 84.1 Å². The van der Waals surface area contributed by atoms with E-state index in [-0.39, 0.29) is 18.6 Å². The number of amides is 3. The van der Waals surface area contributed by atoms with Crippen LogP contribution in [0.15, 0.2) is 72.9 Å². The molecular weight excluding hydrogens is 486 g/mol. The Kier molecular flexibility index (Phi) is 4.94. The summed E-state index contributed by atoms with van der Waals surface area (Å²) in [5.74, 6) is -1.00. The van der Waals surface area contributed by atoms with Crippen LogP contribution in [-0.2, 0) is 14.4 Å². The van der Waals surface area contributed by atoms with Gasteiger partial charge in [0, 0.05) is 18.0 Å². The fraction of sp³-hybridized carbons (Fsp3) is 0.207. The molecule has 3 aromatic carbocycles. The number of anilines is 2. The van der Waals surface area contributed by atoms with E-state index >= 15 is 0 Å². The highest BCUT2D eigenvalue weighted by molar-refractivity contribution is 6.24. The average molecular weight is 510 g/mol. The lowest BCUT2D eigenvalue weighted by Gasteiger charge is -2.35. The van der Waals surface area contributed by atoms with Crippen LogP contribution in [0.2, 0.25) is 0 Å². The van der Waals surface area contributed by atoms with Crippen LogP contribution in [0.3, 0.4) is 0 Å². The van der Waals surface area contributed by atoms with Gasteiger partial charge in [-0.1, -0.05) is 24.3 Å². The zero-order valence-corrected chi connectivity index (χ0v) is 20.4. The van der Waals surface area contributed by atoms with E-state index in [1.807, 2.05) is 41.4 Å². The molecule has 4 aliphatic heterocycles. The molecule has 7 rings (SSSR count). The molecule has 0 aliphatic carbocycles. The van der Waals surface area contributed by atoms with Gasteiger partial charge in [-0.15, -0.1) is 0 Å². The summed E-state index contributed by atoms with van der Waals surface area (Å²) in [6.45, 7) is 0.0830. The maximum Gasteiger partial charge on any atom is 0.247 e. The number of fused-ring (bicyclic) bond motifs is 6. The molecule has 4 aliphatic rings. The van der Waals surface area contributed by atoms with Crippen LogP contribution in [0.5, 0.6) is 17.2 Å². The zero-order chi connectivity index (χ0) is 26.0. The van der Waals surface area contributed by atoms with E-state index in [1.165, 1.54) is 4.90 Å².